The topological polar surface area (TPSA) is 0 Å². The Balaban J connectivity index is 2.25. The van der Waals surface area contributed by atoms with Gasteiger partial charge < -0.3 is 0 Å². The average Bonchev–Trinajstić information content (AvgIpc) is 2.31. The highest BCUT2D eigenvalue weighted by Gasteiger charge is 2.17. The summed E-state index contributed by atoms with van der Waals surface area (Å²) < 4.78 is 0. The van der Waals surface area contributed by atoms with Crippen molar-refractivity contribution in [2.24, 2.45) is 11.8 Å². The van der Waals surface area contributed by atoms with Gasteiger partial charge in [-0.05, 0) is 11.8 Å². The van der Waals surface area contributed by atoms with E-state index in [-0.39, 0.29) is 0 Å². The molecule has 0 bridgehead atoms. The molecule has 1 fully saturated rings. The van der Waals surface area contributed by atoms with Crippen molar-refractivity contribution in [2.45, 2.75) is 64.6 Å². The molecule has 3 unspecified atom stereocenters. The monoisotopic (exact) mass is 180 g/mol. The molecule has 76 valence electrons. The van der Waals surface area contributed by atoms with Crippen molar-refractivity contribution in [3.8, 4) is 0 Å². The van der Waals surface area contributed by atoms with Crippen LogP contribution in [0.5, 0.6) is 0 Å². The summed E-state index contributed by atoms with van der Waals surface area (Å²) in [5.41, 5.74) is 0. The van der Waals surface area contributed by atoms with Crippen molar-refractivity contribution in [1.29, 1.82) is 0 Å². The fourth-order valence-corrected chi connectivity index (χ4v) is 2.54. The van der Waals surface area contributed by atoms with Crippen molar-refractivity contribution in [3.63, 3.8) is 0 Å². The lowest BCUT2D eigenvalue weighted by molar-refractivity contribution is 0.406. The molecule has 0 aromatic carbocycles. The van der Waals surface area contributed by atoms with Gasteiger partial charge in [-0.15, -0.1) is 0 Å². The molecule has 0 aromatic rings. The average molecular weight is 180 g/mol. The Kier molecular flexibility index (Phi) is 4.91. The Morgan fingerprint density at radius 3 is 2.69 bits per heavy atom. The Morgan fingerprint density at radius 2 is 2.00 bits per heavy atom. The lowest BCUT2D eigenvalue weighted by Gasteiger charge is -2.18. The van der Waals surface area contributed by atoms with Crippen molar-refractivity contribution >= 4 is 7.85 Å². The molecule has 0 nitrogen and oxygen atoms in total. The summed E-state index contributed by atoms with van der Waals surface area (Å²) in [4.78, 5) is 0. The van der Waals surface area contributed by atoms with E-state index >= 15 is 0 Å². The second-order valence-corrected chi connectivity index (χ2v) is 5.23. The van der Waals surface area contributed by atoms with Gasteiger partial charge in [-0.3, -0.25) is 0 Å². The third-order valence-corrected chi connectivity index (χ3v) is 3.81. The van der Waals surface area contributed by atoms with Crippen LogP contribution in [0.3, 0.4) is 0 Å². The van der Waals surface area contributed by atoms with Crippen LogP contribution in [0.4, 0.5) is 0 Å². The molecule has 3 atom stereocenters. The van der Waals surface area contributed by atoms with E-state index in [1.54, 1.807) is 0 Å². The highest BCUT2D eigenvalue weighted by Crippen LogP contribution is 2.32. The van der Waals surface area contributed by atoms with Crippen LogP contribution in [0.25, 0.3) is 0 Å². The molecule has 0 N–H and O–H groups in total. The Labute approximate surface area is 84.9 Å². The van der Waals surface area contributed by atoms with Crippen molar-refractivity contribution in [2.75, 3.05) is 0 Å². The molecule has 1 aliphatic carbocycles. The van der Waals surface area contributed by atoms with Gasteiger partial charge in [0.2, 0.25) is 0 Å². The summed E-state index contributed by atoms with van der Waals surface area (Å²) in [6.07, 6.45) is 10.3. The van der Waals surface area contributed by atoms with Gasteiger partial charge in [0.25, 0.3) is 0 Å². The van der Waals surface area contributed by atoms with E-state index in [0.29, 0.717) is 0 Å². The fourth-order valence-electron chi connectivity index (χ4n) is 2.54. The number of hydrogen-bond acceptors (Lipinski definition) is 0. The lowest BCUT2D eigenvalue weighted by Crippen LogP contribution is -2.04. The summed E-state index contributed by atoms with van der Waals surface area (Å²) >= 11 is 0. The predicted molar refractivity (Wildman–Crippen MR) is 62.9 cm³/mol. The van der Waals surface area contributed by atoms with Crippen LogP contribution in [-0.2, 0) is 0 Å². The standard InChI is InChI=1S/C12H25B/c1-3-12(13)9-11-6-4-5-10(2)7-8-11/h10-12H,3-9,13H2,1-2H3. The molecule has 1 aliphatic rings. The van der Waals surface area contributed by atoms with Crippen LogP contribution in [-0.4, -0.2) is 7.85 Å². The minimum absolute atomic E-state index is 0.957. The van der Waals surface area contributed by atoms with Crippen LogP contribution >= 0.6 is 0 Å². The van der Waals surface area contributed by atoms with Gasteiger partial charge >= 0.3 is 0 Å². The van der Waals surface area contributed by atoms with E-state index in [0.717, 1.165) is 17.7 Å². The molecule has 0 radical (unpaired) electrons. The molecule has 0 aliphatic heterocycles. The van der Waals surface area contributed by atoms with Gasteiger partial charge in [0.1, 0.15) is 7.85 Å². The highest BCUT2D eigenvalue weighted by molar-refractivity contribution is 6.11. The second kappa shape index (κ2) is 5.72. The molecule has 1 heteroatoms. The molecule has 1 saturated carbocycles. The lowest BCUT2D eigenvalue weighted by atomic mass is 9.76. The number of hydrogen-bond donors (Lipinski definition) is 0. The van der Waals surface area contributed by atoms with Crippen LogP contribution in [0.1, 0.15) is 58.8 Å². The Bertz CT molecular complexity index is 133. The van der Waals surface area contributed by atoms with E-state index in [1.807, 2.05) is 0 Å². The second-order valence-electron chi connectivity index (χ2n) is 5.23. The van der Waals surface area contributed by atoms with E-state index in [2.05, 4.69) is 21.7 Å². The summed E-state index contributed by atoms with van der Waals surface area (Å²) in [5.74, 6) is 3.01. The van der Waals surface area contributed by atoms with Crippen LogP contribution < -0.4 is 0 Å². The maximum atomic E-state index is 2.42. The minimum atomic E-state index is 0.957. The molecular formula is C12H25B. The van der Waals surface area contributed by atoms with Crippen molar-refractivity contribution < 1.29 is 0 Å². The third kappa shape index (κ3) is 4.20. The highest BCUT2D eigenvalue weighted by atomic mass is 14.2. The van der Waals surface area contributed by atoms with Crippen LogP contribution in [0.15, 0.2) is 0 Å². The zero-order valence-electron chi connectivity index (χ0n) is 9.68. The quantitative estimate of drug-likeness (QED) is 0.461. The zero-order valence-corrected chi connectivity index (χ0v) is 9.68. The van der Waals surface area contributed by atoms with Gasteiger partial charge in [0.05, 0.1) is 0 Å². The minimum Gasteiger partial charge on any atom is -0.0697 e. The summed E-state index contributed by atoms with van der Waals surface area (Å²) in [6.45, 7) is 4.75. The largest absolute Gasteiger partial charge is 0.105 e. The van der Waals surface area contributed by atoms with E-state index < -0.39 is 0 Å². The Morgan fingerprint density at radius 1 is 1.23 bits per heavy atom. The van der Waals surface area contributed by atoms with Gasteiger partial charge in [0, 0.05) is 0 Å². The van der Waals surface area contributed by atoms with E-state index in [4.69, 9.17) is 0 Å². The normalized spacial score (nSPS) is 32.5. The summed E-state index contributed by atoms with van der Waals surface area (Å²) in [6, 6.07) is 0. The first-order chi connectivity index (χ1) is 6.22. The van der Waals surface area contributed by atoms with Gasteiger partial charge in [-0.25, -0.2) is 0 Å². The Hall–Kier alpha value is 0.0649. The maximum absolute atomic E-state index is 2.42. The first-order valence-electron chi connectivity index (χ1n) is 6.22. The van der Waals surface area contributed by atoms with E-state index in [9.17, 15) is 0 Å². The van der Waals surface area contributed by atoms with Gasteiger partial charge in [-0.2, -0.15) is 0 Å². The smallest absolute Gasteiger partial charge is 0.0697 e. The van der Waals surface area contributed by atoms with Crippen LogP contribution in [0.2, 0.25) is 5.82 Å². The molecule has 13 heavy (non-hydrogen) atoms. The number of rotatable bonds is 3. The first kappa shape index (κ1) is 11.1. The van der Waals surface area contributed by atoms with Crippen molar-refractivity contribution in [3.05, 3.63) is 0 Å². The van der Waals surface area contributed by atoms with Crippen LogP contribution in [0, 0.1) is 11.8 Å². The van der Waals surface area contributed by atoms with Crippen molar-refractivity contribution in [1.82, 2.24) is 0 Å². The van der Waals surface area contributed by atoms with Gasteiger partial charge in [0.15, 0.2) is 0 Å². The molecule has 1 rings (SSSR count). The predicted octanol–water partition coefficient (Wildman–Crippen LogP) is 3.42. The summed E-state index contributed by atoms with van der Waals surface area (Å²) in [7, 11) is 2.41. The summed E-state index contributed by atoms with van der Waals surface area (Å²) in [5, 5.41) is 0. The molecular weight excluding hydrogens is 155 g/mol. The van der Waals surface area contributed by atoms with E-state index in [1.165, 1.54) is 44.9 Å². The molecule has 0 spiro atoms. The SMILES string of the molecule is BC(CC)CC1CCCC(C)CC1. The zero-order chi connectivity index (χ0) is 9.68. The van der Waals surface area contributed by atoms with Gasteiger partial charge in [-0.1, -0.05) is 64.6 Å². The fraction of sp³-hybridized carbons (Fsp3) is 1.00. The third-order valence-electron chi connectivity index (χ3n) is 3.81. The molecule has 0 amide bonds. The molecule has 0 aromatic heterocycles. The maximum Gasteiger partial charge on any atom is 0.105 e. The first-order valence-corrected chi connectivity index (χ1v) is 6.22. The molecule has 0 heterocycles. The molecule has 0 saturated heterocycles.